The van der Waals surface area contributed by atoms with Crippen molar-refractivity contribution in [2.75, 3.05) is 37.1 Å². The molecule has 7 nitrogen and oxygen atoms in total. The normalized spacial score (nSPS) is 16.6. The van der Waals surface area contributed by atoms with E-state index in [0.29, 0.717) is 23.1 Å². The van der Waals surface area contributed by atoms with Crippen molar-refractivity contribution in [2.45, 2.75) is 19.9 Å². The number of ketones is 1. The third-order valence-corrected chi connectivity index (χ3v) is 6.61. The number of aliphatic hydroxyl groups excluding tert-OH is 1. The number of methoxy groups -OCH3 is 2. The molecule has 1 heterocycles. The molecule has 1 saturated heterocycles. The van der Waals surface area contributed by atoms with Crippen molar-refractivity contribution in [3.8, 4) is 11.5 Å². The van der Waals surface area contributed by atoms with Crippen LogP contribution in [0.5, 0.6) is 11.5 Å². The fraction of sp³-hybridized carbons (Fsp3) is 0.241. The van der Waals surface area contributed by atoms with Gasteiger partial charge >= 0.3 is 0 Å². The molecular weight excluding hydrogens is 494 g/mol. The molecule has 1 unspecified atom stereocenters. The molecule has 1 amide bonds. The minimum Gasteiger partial charge on any atom is -0.507 e. The number of carbonyl (C=O) groups is 2. The summed E-state index contributed by atoms with van der Waals surface area (Å²) in [6.45, 7) is 5.59. The highest BCUT2D eigenvalue weighted by molar-refractivity contribution is 6.51. The number of hydrogen-bond acceptors (Lipinski definition) is 6. The van der Waals surface area contributed by atoms with Gasteiger partial charge in [0.1, 0.15) is 17.4 Å². The fourth-order valence-corrected chi connectivity index (χ4v) is 4.67. The molecule has 1 atom stereocenters. The minimum atomic E-state index is -1.17. The number of Topliss-reactive ketones (excluding diaryl/α,β-unsaturated/α-hetero) is 1. The second kappa shape index (κ2) is 10.9. The van der Waals surface area contributed by atoms with Crippen molar-refractivity contribution >= 4 is 28.8 Å². The van der Waals surface area contributed by atoms with E-state index in [4.69, 9.17) is 9.47 Å². The fourth-order valence-electron chi connectivity index (χ4n) is 4.67. The Hall–Kier alpha value is -4.40. The topological polar surface area (TPSA) is 79.3 Å². The predicted molar refractivity (Wildman–Crippen MR) is 141 cm³/mol. The molecular formula is C29H28F2N2O5. The number of benzene rings is 3. The predicted octanol–water partition coefficient (Wildman–Crippen LogP) is 5.45. The molecule has 4 rings (SSSR count). The Balaban J connectivity index is 1.93. The zero-order chi connectivity index (χ0) is 27.6. The molecule has 1 aliphatic heterocycles. The van der Waals surface area contributed by atoms with E-state index in [9.17, 15) is 23.5 Å². The molecule has 9 heteroatoms. The lowest BCUT2D eigenvalue weighted by molar-refractivity contribution is -0.132. The van der Waals surface area contributed by atoms with Gasteiger partial charge < -0.3 is 19.5 Å². The van der Waals surface area contributed by atoms with Gasteiger partial charge in [-0.25, -0.2) is 8.78 Å². The molecule has 0 radical (unpaired) electrons. The maximum absolute atomic E-state index is 14.9. The van der Waals surface area contributed by atoms with E-state index in [1.54, 1.807) is 18.2 Å². The van der Waals surface area contributed by atoms with Crippen molar-refractivity contribution in [1.29, 1.82) is 0 Å². The van der Waals surface area contributed by atoms with Crippen molar-refractivity contribution < 1.29 is 33.0 Å². The summed E-state index contributed by atoms with van der Waals surface area (Å²) in [5.41, 5.74) is 1.07. The van der Waals surface area contributed by atoms with Gasteiger partial charge in [0.05, 0.1) is 31.5 Å². The number of halogens is 2. The Morgan fingerprint density at radius 3 is 2.16 bits per heavy atom. The number of amides is 1. The van der Waals surface area contributed by atoms with E-state index in [2.05, 4.69) is 4.90 Å². The average molecular weight is 523 g/mol. The van der Waals surface area contributed by atoms with Crippen molar-refractivity contribution in [2.24, 2.45) is 0 Å². The maximum atomic E-state index is 14.9. The summed E-state index contributed by atoms with van der Waals surface area (Å²) in [5.74, 6) is -3.64. The highest BCUT2D eigenvalue weighted by atomic mass is 19.1. The smallest absolute Gasteiger partial charge is 0.300 e. The number of aliphatic hydroxyl groups is 1. The van der Waals surface area contributed by atoms with Crippen LogP contribution in [0.2, 0.25) is 0 Å². The molecule has 38 heavy (non-hydrogen) atoms. The highest BCUT2D eigenvalue weighted by Crippen LogP contribution is 2.44. The number of ether oxygens (including phenoxy) is 2. The molecule has 0 saturated carbocycles. The van der Waals surface area contributed by atoms with Crippen LogP contribution in [-0.4, -0.2) is 44.1 Å². The van der Waals surface area contributed by atoms with Crippen LogP contribution in [0.1, 0.15) is 31.0 Å². The van der Waals surface area contributed by atoms with Crippen LogP contribution in [-0.2, 0) is 9.59 Å². The van der Waals surface area contributed by atoms with Gasteiger partial charge in [-0.1, -0.05) is 12.1 Å². The zero-order valence-corrected chi connectivity index (χ0v) is 21.5. The molecule has 1 fully saturated rings. The van der Waals surface area contributed by atoms with E-state index in [0.717, 1.165) is 35.8 Å². The molecule has 0 aromatic heterocycles. The summed E-state index contributed by atoms with van der Waals surface area (Å²) in [5, 5.41) is 11.3. The van der Waals surface area contributed by atoms with Gasteiger partial charge in [0.25, 0.3) is 11.7 Å². The lowest BCUT2D eigenvalue weighted by atomic mass is 9.94. The molecule has 198 valence electrons. The first-order valence-electron chi connectivity index (χ1n) is 12.1. The van der Waals surface area contributed by atoms with Crippen molar-refractivity contribution in [1.82, 2.24) is 0 Å². The van der Waals surface area contributed by atoms with Crippen LogP contribution >= 0.6 is 0 Å². The first kappa shape index (κ1) is 26.7. The van der Waals surface area contributed by atoms with E-state index in [1.165, 1.54) is 26.4 Å². The number of carbonyl (C=O) groups excluding carboxylic acids is 2. The summed E-state index contributed by atoms with van der Waals surface area (Å²) in [7, 11) is 2.89. The Morgan fingerprint density at radius 1 is 0.921 bits per heavy atom. The third-order valence-electron chi connectivity index (χ3n) is 6.61. The van der Waals surface area contributed by atoms with Gasteiger partial charge in [-0.15, -0.1) is 0 Å². The van der Waals surface area contributed by atoms with Gasteiger partial charge in [-0.05, 0) is 61.9 Å². The minimum absolute atomic E-state index is 0.199. The Bertz CT molecular complexity index is 1400. The Labute approximate surface area is 219 Å². The third kappa shape index (κ3) is 4.67. The van der Waals surface area contributed by atoms with Gasteiger partial charge in [0.2, 0.25) is 0 Å². The number of nitrogens with zero attached hydrogens (tertiary/aromatic N) is 2. The highest BCUT2D eigenvalue weighted by Gasteiger charge is 2.47. The summed E-state index contributed by atoms with van der Waals surface area (Å²) < 4.78 is 39.2. The Morgan fingerprint density at radius 2 is 1.58 bits per heavy atom. The monoisotopic (exact) mass is 522 g/mol. The quantitative estimate of drug-likeness (QED) is 0.241. The van der Waals surface area contributed by atoms with Crippen molar-refractivity contribution in [3.63, 3.8) is 0 Å². The van der Waals surface area contributed by atoms with Gasteiger partial charge in [-0.3, -0.25) is 14.5 Å². The average Bonchev–Trinajstić information content (AvgIpc) is 3.19. The summed E-state index contributed by atoms with van der Waals surface area (Å²) >= 11 is 0. The summed E-state index contributed by atoms with van der Waals surface area (Å²) in [6.07, 6.45) is 0. The first-order chi connectivity index (χ1) is 18.2. The van der Waals surface area contributed by atoms with E-state index < -0.39 is 35.1 Å². The molecule has 3 aromatic rings. The van der Waals surface area contributed by atoms with Crippen LogP contribution in [0.3, 0.4) is 0 Å². The zero-order valence-electron chi connectivity index (χ0n) is 21.5. The van der Waals surface area contributed by atoms with E-state index in [-0.39, 0.29) is 16.8 Å². The van der Waals surface area contributed by atoms with Gasteiger partial charge in [0, 0.05) is 30.4 Å². The summed E-state index contributed by atoms with van der Waals surface area (Å²) in [6, 6.07) is 13.2. The lowest BCUT2D eigenvalue weighted by Crippen LogP contribution is -2.30. The Kier molecular flexibility index (Phi) is 7.66. The molecule has 0 spiro atoms. The van der Waals surface area contributed by atoms with Crippen LogP contribution in [0.4, 0.5) is 20.2 Å². The van der Waals surface area contributed by atoms with E-state index >= 15 is 0 Å². The second-order valence-corrected chi connectivity index (χ2v) is 8.60. The molecule has 0 aliphatic carbocycles. The van der Waals surface area contributed by atoms with Crippen LogP contribution < -0.4 is 19.3 Å². The lowest BCUT2D eigenvalue weighted by Gasteiger charge is -2.27. The van der Waals surface area contributed by atoms with Gasteiger partial charge in [-0.2, -0.15) is 0 Å². The van der Waals surface area contributed by atoms with E-state index in [1.807, 2.05) is 26.0 Å². The second-order valence-electron chi connectivity index (χ2n) is 8.60. The number of rotatable bonds is 8. The molecule has 3 aromatic carbocycles. The SMILES string of the molecule is CCN(CC)c1ccc(C2/C(=C(\O)c3ccc(OC)c(OC)c3)C(=O)C(=O)N2c2ccc(F)cc2F)cc1. The standard InChI is InChI=1S/C29H28F2N2O5/c1-5-32(6-2)20-11-7-17(8-12-20)26-25(27(34)18-9-14-23(37-3)24(15-18)38-4)28(35)29(36)33(26)22-13-10-19(30)16-21(22)31/h7-16,26,34H,5-6H2,1-4H3/b27-25+. The van der Waals surface area contributed by atoms with Gasteiger partial charge in [0.15, 0.2) is 11.5 Å². The van der Waals surface area contributed by atoms with Crippen molar-refractivity contribution in [3.05, 3.63) is 89.0 Å². The molecule has 1 aliphatic rings. The number of hydrogen-bond donors (Lipinski definition) is 1. The maximum Gasteiger partial charge on any atom is 0.300 e. The molecule has 0 bridgehead atoms. The summed E-state index contributed by atoms with van der Waals surface area (Å²) in [4.78, 5) is 29.7. The largest absolute Gasteiger partial charge is 0.507 e. The molecule has 1 N–H and O–H groups in total. The first-order valence-corrected chi connectivity index (χ1v) is 12.1. The van der Waals surface area contributed by atoms with Crippen LogP contribution in [0, 0.1) is 11.6 Å². The number of anilines is 2. The van der Waals surface area contributed by atoms with Crippen LogP contribution in [0.25, 0.3) is 5.76 Å². The van der Waals surface area contributed by atoms with Crippen LogP contribution in [0.15, 0.2) is 66.2 Å².